The molecule has 0 atom stereocenters. The SMILES string of the molecule is CC(=O)[O][Hg][c]1ccccc1.[SiH4]. The third-order valence-electron chi connectivity index (χ3n) is 1.28. The summed E-state index contributed by atoms with van der Waals surface area (Å²) in [6.07, 6.45) is 0. The Morgan fingerprint density at radius 3 is 2.42 bits per heavy atom. The zero-order valence-corrected chi connectivity index (χ0v) is 11.9. The molecule has 2 nitrogen and oxygen atoms in total. The van der Waals surface area contributed by atoms with Crippen molar-refractivity contribution < 1.29 is 32.5 Å². The van der Waals surface area contributed by atoms with Crippen LogP contribution in [-0.2, 0) is 32.5 Å². The standard InChI is InChI=1S/C6H5.C2H4O2.Hg.H4Si/c1-2-4-6-5-3-1;1-2(3)4;;/h1-5H;1H3,(H,3,4);;1H4/q;;+1;/p-1. The van der Waals surface area contributed by atoms with Crippen molar-refractivity contribution in [1.82, 2.24) is 0 Å². The van der Waals surface area contributed by atoms with E-state index in [2.05, 4.69) is 0 Å². The van der Waals surface area contributed by atoms with Crippen molar-refractivity contribution in [3.05, 3.63) is 30.3 Å². The van der Waals surface area contributed by atoms with Gasteiger partial charge in [-0.15, -0.1) is 0 Å². The summed E-state index contributed by atoms with van der Waals surface area (Å²) in [7, 11) is 0. The Balaban J connectivity index is 0.00000121. The molecule has 0 spiro atoms. The Morgan fingerprint density at radius 1 is 1.33 bits per heavy atom. The number of hydrogen-bond donors (Lipinski definition) is 0. The maximum absolute atomic E-state index is 10.5. The van der Waals surface area contributed by atoms with Crippen LogP contribution in [0, 0.1) is 0 Å². The molecule has 0 amide bonds. The number of rotatable bonds is 2. The largest absolute Gasteiger partial charge is 0.0149 e. The topological polar surface area (TPSA) is 26.3 Å². The molecule has 1 aromatic carbocycles. The fourth-order valence-corrected chi connectivity index (χ4v) is 4.00. The van der Waals surface area contributed by atoms with Gasteiger partial charge in [-0.05, 0) is 11.0 Å². The molecule has 62 valence electrons. The molecule has 0 bridgehead atoms. The van der Waals surface area contributed by atoms with Crippen molar-refractivity contribution in [3.63, 3.8) is 0 Å². The van der Waals surface area contributed by atoms with Crippen molar-refractivity contribution in [2.75, 3.05) is 0 Å². The predicted octanol–water partition coefficient (Wildman–Crippen LogP) is -0.579. The second-order valence-electron chi connectivity index (χ2n) is 2.27. The molecular formula is C8H12HgO2Si. The van der Waals surface area contributed by atoms with Crippen LogP contribution in [0.3, 0.4) is 0 Å². The molecule has 0 unspecified atom stereocenters. The van der Waals surface area contributed by atoms with Crippen molar-refractivity contribution in [2.24, 2.45) is 0 Å². The molecule has 4 heteroatoms. The fourth-order valence-electron chi connectivity index (χ4n) is 0.759. The predicted molar refractivity (Wildman–Crippen MR) is 49.2 cm³/mol. The second-order valence-corrected chi connectivity index (χ2v) is 7.68. The molecular weight excluding hydrogens is 357 g/mol. The van der Waals surface area contributed by atoms with Crippen molar-refractivity contribution in [2.45, 2.75) is 6.92 Å². The van der Waals surface area contributed by atoms with E-state index in [1.54, 1.807) is 0 Å². The van der Waals surface area contributed by atoms with Gasteiger partial charge in [0.1, 0.15) is 0 Å². The van der Waals surface area contributed by atoms with Gasteiger partial charge in [0.15, 0.2) is 0 Å². The molecule has 0 saturated carbocycles. The smallest absolute Gasteiger partial charge is 0.0149 e. The Bertz CT molecular complexity index is 238. The van der Waals surface area contributed by atoms with Crippen molar-refractivity contribution in [1.29, 1.82) is 0 Å². The third kappa shape index (κ3) is 4.67. The quantitative estimate of drug-likeness (QED) is 0.653. The average molecular weight is 369 g/mol. The summed E-state index contributed by atoms with van der Waals surface area (Å²) in [5.74, 6) is -0.143. The van der Waals surface area contributed by atoms with Crippen LogP contribution < -0.4 is 3.07 Å². The normalized spacial score (nSPS) is 7.75. The maximum atomic E-state index is 10.5. The summed E-state index contributed by atoms with van der Waals surface area (Å²) in [4.78, 5) is 10.5. The number of carbonyl (C=O) groups excluding carboxylic acids is 1. The van der Waals surface area contributed by atoms with Crippen LogP contribution >= 0.6 is 0 Å². The van der Waals surface area contributed by atoms with Gasteiger partial charge in [0, 0.05) is 0 Å². The van der Waals surface area contributed by atoms with E-state index in [0.717, 1.165) is 0 Å². The molecule has 0 N–H and O–H groups in total. The molecule has 1 rings (SSSR count). The van der Waals surface area contributed by atoms with E-state index in [1.807, 2.05) is 30.3 Å². The van der Waals surface area contributed by atoms with E-state index in [9.17, 15) is 4.79 Å². The van der Waals surface area contributed by atoms with Gasteiger partial charge >= 0.3 is 78.8 Å². The van der Waals surface area contributed by atoms with Gasteiger partial charge in [0.2, 0.25) is 0 Å². The van der Waals surface area contributed by atoms with Crippen LogP contribution in [0.4, 0.5) is 0 Å². The monoisotopic (exact) mass is 370 g/mol. The molecule has 0 aliphatic heterocycles. The molecule has 0 saturated heterocycles. The summed E-state index contributed by atoms with van der Waals surface area (Å²) < 4.78 is 6.25. The van der Waals surface area contributed by atoms with Gasteiger partial charge in [0.05, 0.1) is 0 Å². The molecule has 12 heavy (non-hydrogen) atoms. The molecule has 0 aliphatic rings. The van der Waals surface area contributed by atoms with Gasteiger partial charge in [0.25, 0.3) is 0 Å². The van der Waals surface area contributed by atoms with E-state index >= 15 is 0 Å². The van der Waals surface area contributed by atoms with Crippen LogP contribution in [0.25, 0.3) is 0 Å². The molecule has 1 aromatic rings. The van der Waals surface area contributed by atoms with Crippen LogP contribution in [0.5, 0.6) is 0 Å². The summed E-state index contributed by atoms with van der Waals surface area (Å²) >= 11 is -1.52. The van der Waals surface area contributed by atoms with Crippen LogP contribution in [0.1, 0.15) is 6.92 Å². The van der Waals surface area contributed by atoms with E-state index in [1.165, 1.54) is 10.00 Å². The van der Waals surface area contributed by atoms with Crippen molar-refractivity contribution in [3.8, 4) is 0 Å². The maximum Gasteiger partial charge on any atom is -0.0149 e. The minimum absolute atomic E-state index is 0. The summed E-state index contributed by atoms with van der Waals surface area (Å²) in [5, 5.41) is 0. The first-order valence-corrected chi connectivity index (χ1v) is 8.45. The van der Waals surface area contributed by atoms with Gasteiger partial charge < -0.3 is 0 Å². The molecule has 0 aliphatic carbocycles. The zero-order valence-electron chi connectivity index (χ0n) is 6.41. The first-order chi connectivity index (χ1) is 5.29. The van der Waals surface area contributed by atoms with Crippen molar-refractivity contribution >= 4 is 20.0 Å². The van der Waals surface area contributed by atoms with E-state index in [4.69, 9.17) is 2.64 Å². The molecule has 0 fully saturated rings. The van der Waals surface area contributed by atoms with Gasteiger partial charge in [-0.2, -0.15) is 0 Å². The minimum Gasteiger partial charge on any atom is -0.0149 e. The second kappa shape index (κ2) is 6.37. The van der Waals surface area contributed by atoms with E-state index < -0.39 is 25.0 Å². The Morgan fingerprint density at radius 2 is 1.92 bits per heavy atom. The Hall–Kier alpha value is -0.158. The van der Waals surface area contributed by atoms with Gasteiger partial charge in [-0.25, -0.2) is 0 Å². The number of hydrogen-bond acceptors (Lipinski definition) is 2. The first-order valence-electron chi connectivity index (χ1n) is 3.46. The van der Waals surface area contributed by atoms with E-state index in [0.29, 0.717) is 0 Å². The van der Waals surface area contributed by atoms with Gasteiger partial charge in [-0.1, -0.05) is 0 Å². The Kier molecular flexibility index (Phi) is 6.28. The van der Waals surface area contributed by atoms with Crippen LogP contribution in [-0.4, -0.2) is 16.9 Å². The van der Waals surface area contributed by atoms with E-state index in [-0.39, 0.29) is 16.9 Å². The zero-order chi connectivity index (χ0) is 8.10. The summed E-state index contributed by atoms with van der Waals surface area (Å²) in [6.45, 7) is 1.46. The summed E-state index contributed by atoms with van der Waals surface area (Å²) in [5.41, 5.74) is 0. The molecule has 0 aromatic heterocycles. The third-order valence-corrected chi connectivity index (χ3v) is 6.55. The minimum atomic E-state index is -1.52. The van der Waals surface area contributed by atoms with Crippen LogP contribution in [0.2, 0.25) is 0 Å². The average Bonchev–Trinajstić information content (AvgIpc) is 2.03. The number of benzene rings is 1. The molecule has 0 heterocycles. The number of carbonyl (C=O) groups is 1. The summed E-state index contributed by atoms with van der Waals surface area (Å²) in [6, 6.07) is 9.94. The van der Waals surface area contributed by atoms with Gasteiger partial charge in [-0.3, -0.25) is 0 Å². The molecule has 0 radical (unpaired) electrons. The Labute approximate surface area is 89.4 Å². The first kappa shape index (κ1) is 11.8. The van der Waals surface area contributed by atoms with Crippen LogP contribution in [0.15, 0.2) is 30.3 Å². The fraction of sp³-hybridized carbons (Fsp3) is 0.125.